The standard InChI is InChI=1S/C124H100N2O2Si2/c1-79(2)113-77-115(87-49-53-93(54-50-87)125(117-33-19-31-111-105-29-11-13-35-119(105)127-123(111)117)95-25-15-21-89(73-95)91-23-17-27-103(75-91)129(97-57-37-81(5)38-58-97,98-59-39-82(6)40-60-98)99-61-41-83(7)42-62-99)109-72-70-108-114(80(3)4)78-116(110-71-69-107(113)121(109)122(108)110)88-51-55-94(56-52-88)126(118-34-20-32-112-106-30-12-14-36-120(106)128-124(112)118)96-26-16-22-90(74-96)92-24-18-28-104(76-92)130(100-63-43-84(8)44-64-100,101-65-45-85(9)46-66-101)102-67-47-86(10)48-68-102/h11-80H,1-10H3. The lowest BCUT2D eigenvalue weighted by Gasteiger charge is -2.35. The SMILES string of the molecule is Cc1ccc([Si](c2ccc(C)cc2)(c2ccc(C)cc2)c2cccc(-c3cccc(N(c4ccc(-c5cc(C(C)C)c6ccc7c(-c8ccc(N(c9cccc(-c%10cccc([Si](c%11ccc(C)cc%11)(c%11ccc(C)cc%11)c%11ccc(C)cc%11)c%10)c9)c9cccc%10c9oc9ccccc9%10)cc8)cc(C(C)C)c8ccc5c6c78)cc4)c4cccc5c4oc4ccccc45)c3)c2)cc1. The van der Waals surface area contributed by atoms with Crippen LogP contribution in [0.15, 0.2) is 421 Å². The molecular weight excluding hydrogens is 1610 g/mol. The molecule has 130 heavy (non-hydrogen) atoms. The quantitative estimate of drug-likeness (QED) is 0.0433. The van der Waals surface area contributed by atoms with Gasteiger partial charge in [0.2, 0.25) is 0 Å². The molecule has 0 aliphatic rings. The minimum atomic E-state index is -2.92. The molecule has 2 aromatic heterocycles. The van der Waals surface area contributed by atoms with E-state index >= 15 is 0 Å². The van der Waals surface area contributed by atoms with E-state index in [-0.39, 0.29) is 11.8 Å². The van der Waals surface area contributed by atoms with Crippen LogP contribution in [0, 0.1) is 41.5 Å². The van der Waals surface area contributed by atoms with Gasteiger partial charge in [-0.3, -0.25) is 0 Å². The van der Waals surface area contributed by atoms with Crippen molar-refractivity contribution in [3.05, 3.63) is 457 Å². The highest BCUT2D eigenvalue weighted by atomic mass is 28.3. The predicted molar refractivity (Wildman–Crippen MR) is 560 cm³/mol. The van der Waals surface area contributed by atoms with Gasteiger partial charge in [0, 0.05) is 44.3 Å². The van der Waals surface area contributed by atoms with Crippen molar-refractivity contribution in [3.63, 3.8) is 0 Å². The first kappa shape index (κ1) is 80.9. The first-order chi connectivity index (χ1) is 63.5. The van der Waals surface area contributed by atoms with Crippen molar-refractivity contribution in [2.45, 2.75) is 81.1 Å². The van der Waals surface area contributed by atoms with Gasteiger partial charge in [0.05, 0.1) is 11.4 Å². The Balaban J connectivity index is 0.660. The summed E-state index contributed by atoms with van der Waals surface area (Å²) < 4.78 is 14.0. The molecule has 6 heteroatoms. The lowest BCUT2D eigenvalue weighted by atomic mass is 9.81. The summed E-state index contributed by atoms with van der Waals surface area (Å²) in [6.07, 6.45) is 0. The van der Waals surface area contributed by atoms with Crippen LogP contribution in [0.3, 0.4) is 0 Å². The van der Waals surface area contributed by atoms with Crippen LogP contribution in [0.4, 0.5) is 34.1 Å². The van der Waals surface area contributed by atoms with Crippen LogP contribution in [0.25, 0.3) is 121 Å². The minimum absolute atomic E-state index is 0.232. The third kappa shape index (κ3) is 13.8. The van der Waals surface area contributed by atoms with Crippen LogP contribution < -0.4 is 51.3 Å². The van der Waals surface area contributed by atoms with Crippen LogP contribution in [-0.2, 0) is 0 Å². The van der Waals surface area contributed by atoms with E-state index in [9.17, 15) is 0 Å². The Morgan fingerprint density at radius 3 is 0.815 bits per heavy atom. The maximum Gasteiger partial charge on any atom is 0.179 e. The number of para-hydroxylation sites is 4. The largest absolute Gasteiger partial charge is 0.454 e. The highest BCUT2D eigenvalue weighted by molar-refractivity contribution is 7.20. The highest BCUT2D eigenvalue weighted by Crippen LogP contribution is 2.51. The van der Waals surface area contributed by atoms with E-state index in [2.05, 4.69) is 492 Å². The molecule has 0 saturated heterocycles. The van der Waals surface area contributed by atoms with E-state index in [0.29, 0.717) is 0 Å². The second kappa shape index (κ2) is 32.7. The molecule has 0 saturated carbocycles. The Labute approximate surface area is 763 Å². The zero-order chi connectivity index (χ0) is 88.2. The molecule has 22 rings (SSSR count). The number of benzene rings is 20. The molecule has 626 valence electrons. The second-order valence-electron chi connectivity index (χ2n) is 36.6. The van der Waals surface area contributed by atoms with E-state index < -0.39 is 16.1 Å². The van der Waals surface area contributed by atoms with Crippen molar-refractivity contribution in [1.29, 1.82) is 0 Å². The summed E-state index contributed by atoms with van der Waals surface area (Å²) in [5.41, 5.74) is 28.8. The number of hydrogen-bond donors (Lipinski definition) is 0. The zero-order valence-corrected chi connectivity index (χ0v) is 77.1. The van der Waals surface area contributed by atoms with Gasteiger partial charge in [0.15, 0.2) is 27.3 Å². The van der Waals surface area contributed by atoms with E-state index in [1.807, 2.05) is 0 Å². The number of fused-ring (bicyclic) bond motifs is 6. The molecule has 0 aliphatic carbocycles. The minimum Gasteiger partial charge on any atom is -0.454 e. The molecule has 4 nitrogen and oxygen atoms in total. The van der Waals surface area contributed by atoms with E-state index in [4.69, 9.17) is 8.83 Å². The van der Waals surface area contributed by atoms with E-state index in [1.165, 1.54) is 129 Å². The summed E-state index contributed by atoms with van der Waals surface area (Å²) in [5.74, 6) is 0.465. The third-order valence-corrected chi connectivity index (χ3v) is 37.3. The number of nitrogens with zero attached hydrogens (tertiary/aromatic N) is 2. The third-order valence-electron chi connectivity index (χ3n) is 27.7. The average molecular weight is 1710 g/mol. The van der Waals surface area contributed by atoms with Gasteiger partial charge in [-0.1, -0.05) is 389 Å². The van der Waals surface area contributed by atoms with Crippen LogP contribution in [0.1, 0.15) is 84.0 Å². The normalized spacial score (nSPS) is 12.1. The smallest absolute Gasteiger partial charge is 0.179 e. The van der Waals surface area contributed by atoms with Crippen molar-refractivity contribution in [3.8, 4) is 44.5 Å². The van der Waals surface area contributed by atoms with Gasteiger partial charge >= 0.3 is 0 Å². The summed E-state index contributed by atoms with van der Waals surface area (Å²) in [6, 6.07) is 157. The number of furan rings is 2. The van der Waals surface area contributed by atoms with Crippen LogP contribution in [0.5, 0.6) is 0 Å². The van der Waals surface area contributed by atoms with E-state index in [1.54, 1.807) is 0 Å². The molecule has 0 radical (unpaired) electrons. The molecule has 0 bridgehead atoms. The van der Waals surface area contributed by atoms with Crippen LogP contribution in [0.2, 0.25) is 0 Å². The Morgan fingerprint density at radius 1 is 0.208 bits per heavy atom. The van der Waals surface area contributed by atoms with Gasteiger partial charge in [0.1, 0.15) is 11.2 Å². The lowest BCUT2D eigenvalue weighted by Crippen LogP contribution is -2.74. The van der Waals surface area contributed by atoms with Crippen LogP contribution in [-0.4, -0.2) is 16.1 Å². The van der Waals surface area contributed by atoms with Gasteiger partial charge in [-0.05, 0) is 268 Å². The topological polar surface area (TPSA) is 32.8 Å². The summed E-state index contributed by atoms with van der Waals surface area (Å²) in [6.45, 7) is 22.6. The molecule has 22 aromatic rings. The zero-order valence-electron chi connectivity index (χ0n) is 75.1. The fourth-order valence-electron chi connectivity index (χ4n) is 21.1. The summed E-state index contributed by atoms with van der Waals surface area (Å²) in [5, 5.41) is 22.8. The highest BCUT2D eigenvalue weighted by Gasteiger charge is 2.44. The van der Waals surface area contributed by atoms with Crippen molar-refractivity contribution >= 4 is 168 Å². The Hall–Kier alpha value is -14.9. The molecular formula is C124H100N2O2Si2. The lowest BCUT2D eigenvalue weighted by molar-refractivity contribution is 0.668. The number of anilines is 6. The number of hydrogen-bond acceptors (Lipinski definition) is 4. The Kier molecular flexibility index (Phi) is 20.4. The monoisotopic (exact) mass is 1700 g/mol. The molecule has 0 atom stereocenters. The van der Waals surface area contributed by atoms with Gasteiger partial charge < -0.3 is 18.6 Å². The van der Waals surface area contributed by atoms with Gasteiger partial charge in [-0.15, -0.1) is 0 Å². The second-order valence-corrected chi connectivity index (χ2v) is 44.3. The van der Waals surface area contributed by atoms with Gasteiger partial charge in [0.25, 0.3) is 0 Å². The maximum absolute atomic E-state index is 7.01. The van der Waals surface area contributed by atoms with E-state index in [0.717, 1.165) is 111 Å². The Bertz CT molecular complexity index is 7360. The summed E-state index contributed by atoms with van der Waals surface area (Å²) in [7, 11) is -5.83. The van der Waals surface area contributed by atoms with Crippen molar-refractivity contribution in [2.75, 3.05) is 9.80 Å². The average Bonchev–Trinajstić information content (AvgIpc) is 0.829. The first-order valence-corrected chi connectivity index (χ1v) is 49.8. The summed E-state index contributed by atoms with van der Waals surface area (Å²) in [4.78, 5) is 4.82. The van der Waals surface area contributed by atoms with Crippen molar-refractivity contribution in [2.24, 2.45) is 0 Å². The van der Waals surface area contributed by atoms with Crippen LogP contribution >= 0.6 is 0 Å². The van der Waals surface area contributed by atoms with Gasteiger partial charge in [-0.2, -0.15) is 0 Å². The summed E-state index contributed by atoms with van der Waals surface area (Å²) >= 11 is 0. The molecule has 0 spiro atoms. The number of rotatable bonds is 20. The first-order valence-electron chi connectivity index (χ1n) is 45.8. The van der Waals surface area contributed by atoms with Crippen molar-refractivity contribution < 1.29 is 8.83 Å². The molecule has 0 aliphatic heterocycles. The molecule has 20 aromatic carbocycles. The predicted octanol–water partition coefficient (Wildman–Crippen LogP) is 28.8. The molecule has 0 unspecified atom stereocenters. The fraction of sp³-hybridized carbons (Fsp3) is 0.0968. The fourth-order valence-corrected chi connectivity index (χ4v) is 30.5. The molecule has 0 fully saturated rings. The Morgan fingerprint density at radius 2 is 0.492 bits per heavy atom. The maximum atomic E-state index is 7.01. The molecule has 0 N–H and O–H groups in total. The number of aryl methyl sites for hydroxylation is 6. The molecule has 0 amide bonds. The van der Waals surface area contributed by atoms with Crippen molar-refractivity contribution in [1.82, 2.24) is 0 Å². The molecule has 2 heterocycles. The van der Waals surface area contributed by atoms with Gasteiger partial charge in [-0.25, -0.2) is 0 Å².